The van der Waals surface area contributed by atoms with E-state index in [4.69, 9.17) is 9.31 Å². The van der Waals surface area contributed by atoms with Crippen LogP contribution in [0.5, 0.6) is 0 Å². The predicted molar refractivity (Wildman–Crippen MR) is 68.6 cm³/mol. The first-order chi connectivity index (χ1) is 8.39. The van der Waals surface area contributed by atoms with E-state index in [9.17, 15) is 0 Å². The lowest BCUT2D eigenvalue weighted by Gasteiger charge is -2.32. The van der Waals surface area contributed by atoms with Crippen molar-refractivity contribution in [1.82, 2.24) is 15.0 Å². The van der Waals surface area contributed by atoms with Gasteiger partial charge in [-0.05, 0) is 47.0 Å². The first-order valence-corrected chi connectivity index (χ1v) is 6.66. The van der Waals surface area contributed by atoms with Crippen molar-refractivity contribution in [2.75, 3.05) is 0 Å². The summed E-state index contributed by atoms with van der Waals surface area (Å²) in [6.07, 6.45) is 5.40. The molecule has 0 unspecified atom stereocenters. The van der Waals surface area contributed by atoms with Crippen molar-refractivity contribution < 1.29 is 9.31 Å². The Balaban J connectivity index is 1.78. The predicted octanol–water partition coefficient (Wildman–Crippen LogP) is 1.30. The molecule has 1 aliphatic heterocycles. The number of hydrogen-bond acceptors (Lipinski definition) is 4. The van der Waals surface area contributed by atoms with Crippen molar-refractivity contribution in [3.8, 4) is 0 Å². The topological polar surface area (TPSA) is 49.2 Å². The molecule has 6 heteroatoms. The normalized spacial score (nSPS) is 26.3. The lowest BCUT2D eigenvalue weighted by atomic mass is 9.86. The zero-order valence-corrected chi connectivity index (χ0v) is 11.5. The summed E-state index contributed by atoms with van der Waals surface area (Å²) in [6.45, 7) is 8.18. The molecule has 1 aromatic rings. The van der Waals surface area contributed by atoms with E-state index in [0.717, 1.165) is 5.59 Å². The highest BCUT2D eigenvalue weighted by molar-refractivity contribution is 6.61. The molecule has 0 spiro atoms. The Kier molecular flexibility index (Phi) is 2.58. The Bertz CT molecular complexity index is 438. The maximum Gasteiger partial charge on any atom is 0.518 e. The van der Waals surface area contributed by atoms with Crippen molar-refractivity contribution in [3.05, 3.63) is 6.20 Å². The largest absolute Gasteiger partial charge is 0.518 e. The molecule has 0 N–H and O–H groups in total. The number of aromatic nitrogens is 3. The van der Waals surface area contributed by atoms with Gasteiger partial charge >= 0.3 is 7.12 Å². The Morgan fingerprint density at radius 1 is 1.22 bits per heavy atom. The standard InChI is InChI=1S/C12H20BN3O2/c1-11(2)12(3,4)18-13(17-11)10-8-14-16(15-10)9-6-5-7-9/h8-9H,5-7H2,1-4H3. The Labute approximate surface area is 108 Å². The Morgan fingerprint density at radius 2 is 1.83 bits per heavy atom. The summed E-state index contributed by atoms with van der Waals surface area (Å²) in [5, 5.41) is 8.82. The van der Waals surface area contributed by atoms with Gasteiger partial charge in [-0.1, -0.05) is 0 Å². The van der Waals surface area contributed by atoms with Crippen molar-refractivity contribution in [3.63, 3.8) is 0 Å². The van der Waals surface area contributed by atoms with E-state index in [1.54, 1.807) is 6.20 Å². The minimum atomic E-state index is -0.399. The van der Waals surface area contributed by atoms with Crippen molar-refractivity contribution in [1.29, 1.82) is 0 Å². The zero-order valence-electron chi connectivity index (χ0n) is 11.5. The molecule has 0 bridgehead atoms. The number of rotatable bonds is 2. The van der Waals surface area contributed by atoms with Gasteiger partial charge in [0.1, 0.15) is 5.59 Å². The SMILES string of the molecule is CC1(C)OB(c2cnn(C3CCC3)n2)OC1(C)C. The van der Waals surface area contributed by atoms with E-state index in [0.29, 0.717) is 6.04 Å². The molecule has 1 aliphatic carbocycles. The highest BCUT2D eigenvalue weighted by atomic mass is 16.7. The van der Waals surface area contributed by atoms with Gasteiger partial charge in [0.2, 0.25) is 0 Å². The third-order valence-corrected chi connectivity index (χ3v) is 4.42. The van der Waals surface area contributed by atoms with Gasteiger partial charge in [-0.15, -0.1) is 0 Å². The summed E-state index contributed by atoms with van der Waals surface area (Å²) in [7, 11) is -0.399. The molecule has 3 rings (SSSR count). The second-order valence-corrected chi connectivity index (χ2v) is 6.26. The van der Waals surface area contributed by atoms with Crippen molar-refractivity contribution in [2.45, 2.75) is 64.2 Å². The molecule has 1 saturated carbocycles. The number of hydrogen-bond donors (Lipinski definition) is 0. The Hall–Kier alpha value is -0.875. The van der Waals surface area contributed by atoms with Crippen molar-refractivity contribution >= 4 is 12.7 Å². The second-order valence-electron chi connectivity index (χ2n) is 6.26. The van der Waals surface area contributed by atoms with E-state index < -0.39 is 7.12 Å². The summed E-state index contributed by atoms with van der Waals surface area (Å²) in [6, 6.07) is 0.473. The molecule has 0 radical (unpaired) electrons. The minimum absolute atomic E-state index is 0.322. The first-order valence-electron chi connectivity index (χ1n) is 6.66. The molecule has 2 heterocycles. The van der Waals surface area contributed by atoms with Crippen LogP contribution in [0.2, 0.25) is 0 Å². The lowest BCUT2D eigenvalue weighted by Crippen LogP contribution is -2.41. The summed E-state index contributed by atoms with van der Waals surface area (Å²) in [5.41, 5.74) is 0.135. The molecule has 2 fully saturated rings. The molecule has 1 aromatic heterocycles. The van der Waals surface area contributed by atoms with Gasteiger partial charge in [0, 0.05) is 0 Å². The van der Waals surface area contributed by atoms with Gasteiger partial charge in [0.05, 0.1) is 23.4 Å². The van der Waals surface area contributed by atoms with Gasteiger partial charge in [0.15, 0.2) is 0 Å². The first kappa shape index (κ1) is 12.2. The minimum Gasteiger partial charge on any atom is -0.398 e. The molecule has 1 saturated heterocycles. The summed E-state index contributed by atoms with van der Waals surface area (Å²) in [4.78, 5) is 1.81. The van der Waals surface area contributed by atoms with Crippen LogP contribution >= 0.6 is 0 Å². The van der Waals surface area contributed by atoms with E-state index in [1.807, 2.05) is 32.5 Å². The van der Waals surface area contributed by atoms with Crippen LogP contribution in [0.3, 0.4) is 0 Å². The molecule has 2 aliphatic rings. The molecule has 0 amide bonds. The fourth-order valence-corrected chi connectivity index (χ4v) is 2.15. The summed E-state index contributed by atoms with van der Waals surface area (Å²) in [5.74, 6) is 0. The summed E-state index contributed by atoms with van der Waals surface area (Å²) >= 11 is 0. The molecule has 98 valence electrons. The fourth-order valence-electron chi connectivity index (χ4n) is 2.15. The Morgan fingerprint density at radius 3 is 2.33 bits per heavy atom. The highest BCUT2D eigenvalue weighted by Crippen LogP contribution is 2.36. The molecular formula is C12H20BN3O2. The monoisotopic (exact) mass is 249 g/mol. The second kappa shape index (κ2) is 3.81. The average molecular weight is 249 g/mol. The highest BCUT2D eigenvalue weighted by Gasteiger charge is 2.52. The van der Waals surface area contributed by atoms with Crippen LogP contribution in [0, 0.1) is 0 Å². The van der Waals surface area contributed by atoms with Crippen LogP contribution in [-0.4, -0.2) is 33.3 Å². The molecular weight excluding hydrogens is 229 g/mol. The van der Waals surface area contributed by atoms with Gasteiger partial charge in [-0.25, -0.2) is 0 Å². The quantitative estimate of drug-likeness (QED) is 0.741. The molecule has 18 heavy (non-hydrogen) atoms. The third kappa shape index (κ3) is 1.78. The van der Waals surface area contributed by atoms with E-state index in [-0.39, 0.29) is 11.2 Å². The maximum absolute atomic E-state index is 5.96. The average Bonchev–Trinajstić information content (AvgIpc) is 2.68. The van der Waals surface area contributed by atoms with Crippen LogP contribution in [0.15, 0.2) is 6.20 Å². The van der Waals surface area contributed by atoms with Crippen LogP contribution in [-0.2, 0) is 9.31 Å². The van der Waals surface area contributed by atoms with Crippen LogP contribution in [0.1, 0.15) is 53.0 Å². The van der Waals surface area contributed by atoms with Gasteiger partial charge in [-0.2, -0.15) is 15.0 Å². The third-order valence-electron chi connectivity index (χ3n) is 4.42. The number of nitrogens with zero attached hydrogens (tertiary/aromatic N) is 3. The van der Waals surface area contributed by atoms with Crippen LogP contribution in [0.25, 0.3) is 0 Å². The maximum atomic E-state index is 5.96. The van der Waals surface area contributed by atoms with E-state index in [2.05, 4.69) is 10.2 Å². The van der Waals surface area contributed by atoms with E-state index in [1.165, 1.54) is 19.3 Å². The molecule has 0 aromatic carbocycles. The van der Waals surface area contributed by atoms with E-state index >= 15 is 0 Å². The zero-order chi connectivity index (χ0) is 13.0. The van der Waals surface area contributed by atoms with Gasteiger partial charge < -0.3 is 9.31 Å². The van der Waals surface area contributed by atoms with Gasteiger partial charge in [0.25, 0.3) is 0 Å². The molecule has 5 nitrogen and oxygen atoms in total. The van der Waals surface area contributed by atoms with Gasteiger partial charge in [-0.3, -0.25) is 0 Å². The van der Waals surface area contributed by atoms with Crippen molar-refractivity contribution in [2.24, 2.45) is 0 Å². The lowest BCUT2D eigenvalue weighted by molar-refractivity contribution is 0.00578. The summed E-state index contributed by atoms with van der Waals surface area (Å²) < 4.78 is 11.9. The molecule has 0 atom stereocenters. The van der Waals surface area contributed by atoms with Crippen LogP contribution in [0.4, 0.5) is 0 Å². The fraction of sp³-hybridized carbons (Fsp3) is 0.833. The van der Waals surface area contributed by atoms with Crippen LogP contribution < -0.4 is 5.59 Å². The smallest absolute Gasteiger partial charge is 0.398 e.